The largest absolute Gasteiger partial charge is 0.341 e. The predicted molar refractivity (Wildman–Crippen MR) is 128 cm³/mol. The minimum Gasteiger partial charge on any atom is -0.341 e. The Balaban J connectivity index is 1.48. The number of anilines is 2. The van der Waals surface area contributed by atoms with Gasteiger partial charge in [0.15, 0.2) is 0 Å². The molecule has 1 nitrogen and oxygen atoms in total. The van der Waals surface area contributed by atoms with Crippen LogP contribution in [0, 0.1) is 6.92 Å². The molecule has 146 valence electrons. The monoisotopic (exact) mass is 387 g/mol. The van der Waals surface area contributed by atoms with Crippen molar-refractivity contribution >= 4 is 23.0 Å². The lowest BCUT2D eigenvalue weighted by atomic mass is 9.96. The van der Waals surface area contributed by atoms with Gasteiger partial charge in [0.2, 0.25) is 0 Å². The third-order valence-electron chi connectivity index (χ3n) is 5.82. The normalized spacial score (nSPS) is 12.5. The highest BCUT2D eigenvalue weighted by atomic mass is 15.2. The molecule has 0 radical (unpaired) electrons. The first-order valence-electron chi connectivity index (χ1n) is 10.6. The van der Waals surface area contributed by atoms with Crippen molar-refractivity contribution in [3.8, 4) is 0 Å². The van der Waals surface area contributed by atoms with Crippen LogP contribution in [-0.4, -0.2) is 6.54 Å². The number of fused-ring (bicyclic) bond motifs is 1. The minimum atomic E-state index is 1.05. The molecule has 0 amide bonds. The summed E-state index contributed by atoms with van der Waals surface area (Å²) in [6.07, 6.45) is 3.40. The van der Waals surface area contributed by atoms with E-state index in [-0.39, 0.29) is 0 Å². The van der Waals surface area contributed by atoms with Crippen molar-refractivity contribution in [2.24, 2.45) is 0 Å². The maximum atomic E-state index is 2.43. The summed E-state index contributed by atoms with van der Waals surface area (Å²) in [7, 11) is 0. The molecular formula is C29H25N. The summed E-state index contributed by atoms with van der Waals surface area (Å²) in [5.74, 6) is 0. The van der Waals surface area contributed by atoms with Crippen LogP contribution in [0.1, 0.15) is 27.8 Å². The zero-order valence-corrected chi connectivity index (χ0v) is 17.3. The molecule has 0 atom stereocenters. The second kappa shape index (κ2) is 8.04. The molecule has 1 heteroatoms. The molecule has 0 spiro atoms. The standard InChI is InChI=1S/C29H25N/c1-22-12-17-29-26(20-22)18-19-30(29)27-15-13-23(14-16-27)21-28(24-8-4-2-5-9-24)25-10-6-3-7-11-25/h2-17,20-21H,18-19H2,1H3. The Labute approximate surface area is 178 Å². The molecule has 0 saturated carbocycles. The van der Waals surface area contributed by atoms with Crippen LogP contribution in [0.5, 0.6) is 0 Å². The van der Waals surface area contributed by atoms with E-state index >= 15 is 0 Å². The smallest absolute Gasteiger partial charge is 0.0444 e. The van der Waals surface area contributed by atoms with Crippen LogP contribution in [0.2, 0.25) is 0 Å². The number of rotatable bonds is 4. The highest BCUT2D eigenvalue weighted by Gasteiger charge is 2.20. The van der Waals surface area contributed by atoms with Crippen LogP contribution >= 0.6 is 0 Å². The molecule has 1 heterocycles. The maximum Gasteiger partial charge on any atom is 0.0444 e. The molecule has 0 N–H and O–H groups in total. The van der Waals surface area contributed by atoms with Gasteiger partial charge in [0, 0.05) is 17.9 Å². The molecule has 0 aliphatic carbocycles. The van der Waals surface area contributed by atoms with E-state index in [9.17, 15) is 0 Å². The summed E-state index contributed by atoms with van der Waals surface area (Å²) in [5, 5.41) is 0. The molecule has 0 unspecified atom stereocenters. The van der Waals surface area contributed by atoms with Crippen molar-refractivity contribution in [1.29, 1.82) is 0 Å². The Morgan fingerprint density at radius 2 is 1.37 bits per heavy atom. The minimum absolute atomic E-state index is 1.05. The van der Waals surface area contributed by atoms with Crippen LogP contribution in [-0.2, 0) is 6.42 Å². The first kappa shape index (κ1) is 18.4. The van der Waals surface area contributed by atoms with Gasteiger partial charge in [-0.15, -0.1) is 0 Å². The first-order valence-corrected chi connectivity index (χ1v) is 10.6. The zero-order valence-electron chi connectivity index (χ0n) is 17.3. The van der Waals surface area contributed by atoms with E-state index in [4.69, 9.17) is 0 Å². The Morgan fingerprint density at radius 3 is 2.00 bits per heavy atom. The molecule has 4 aromatic carbocycles. The van der Waals surface area contributed by atoms with Gasteiger partial charge in [-0.25, -0.2) is 0 Å². The summed E-state index contributed by atoms with van der Waals surface area (Å²) in [6.45, 7) is 3.22. The summed E-state index contributed by atoms with van der Waals surface area (Å²) in [6, 6.07) is 37.0. The Morgan fingerprint density at radius 1 is 0.733 bits per heavy atom. The molecule has 1 aliphatic rings. The number of hydrogen-bond donors (Lipinski definition) is 0. The van der Waals surface area contributed by atoms with E-state index in [0.717, 1.165) is 13.0 Å². The number of aryl methyl sites for hydroxylation is 1. The highest BCUT2D eigenvalue weighted by molar-refractivity contribution is 5.91. The fourth-order valence-corrected chi connectivity index (χ4v) is 4.28. The van der Waals surface area contributed by atoms with Gasteiger partial charge in [-0.2, -0.15) is 0 Å². The summed E-state index contributed by atoms with van der Waals surface area (Å²) < 4.78 is 0. The number of nitrogens with zero attached hydrogens (tertiary/aromatic N) is 1. The SMILES string of the molecule is Cc1ccc2c(c1)CCN2c1ccc(C=C(c2ccccc2)c2ccccc2)cc1. The van der Waals surface area contributed by atoms with E-state index in [1.54, 1.807) is 0 Å². The summed E-state index contributed by atoms with van der Waals surface area (Å²) in [4.78, 5) is 2.43. The van der Waals surface area contributed by atoms with Gasteiger partial charge in [0.05, 0.1) is 0 Å². The van der Waals surface area contributed by atoms with Gasteiger partial charge in [0.25, 0.3) is 0 Å². The van der Waals surface area contributed by atoms with Crippen molar-refractivity contribution in [2.75, 3.05) is 11.4 Å². The molecule has 5 rings (SSSR count). The molecule has 0 aromatic heterocycles. The van der Waals surface area contributed by atoms with Crippen LogP contribution < -0.4 is 4.90 Å². The van der Waals surface area contributed by atoms with Gasteiger partial charge in [-0.3, -0.25) is 0 Å². The number of benzene rings is 4. The summed E-state index contributed by atoms with van der Waals surface area (Å²) in [5.41, 5.74) is 10.3. The van der Waals surface area contributed by atoms with Crippen molar-refractivity contribution in [3.05, 3.63) is 131 Å². The molecule has 0 saturated heterocycles. The lowest BCUT2D eigenvalue weighted by Gasteiger charge is -2.20. The third-order valence-corrected chi connectivity index (χ3v) is 5.82. The molecule has 1 aliphatic heterocycles. The second-order valence-corrected chi connectivity index (χ2v) is 7.92. The van der Waals surface area contributed by atoms with Gasteiger partial charge in [0.1, 0.15) is 0 Å². The summed E-state index contributed by atoms with van der Waals surface area (Å²) >= 11 is 0. The van der Waals surface area contributed by atoms with Crippen LogP contribution in [0.15, 0.2) is 103 Å². The maximum absolute atomic E-state index is 2.43. The predicted octanol–water partition coefficient (Wildman–Crippen LogP) is 7.28. The van der Waals surface area contributed by atoms with Crippen molar-refractivity contribution in [3.63, 3.8) is 0 Å². The Hall–Kier alpha value is -3.58. The first-order chi connectivity index (χ1) is 14.8. The van der Waals surface area contributed by atoms with Crippen LogP contribution in [0.25, 0.3) is 11.6 Å². The third kappa shape index (κ3) is 3.67. The van der Waals surface area contributed by atoms with Crippen molar-refractivity contribution in [2.45, 2.75) is 13.3 Å². The zero-order chi connectivity index (χ0) is 20.3. The molecule has 4 aromatic rings. The Bertz CT molecular complexity index is 1130. The van der Waals surface area contributed by atoms with Crippen LogP contribution in [0.3, 0.4) is 0 Å². The molecule has 0 bridgehead atoms. The van der Waals surface area contributed by atoms with Crippen molar-refractivity contribution < 1.29 is 0 Å². The lowest BCUT2D eigenvalue weighted by molar-refractivity contribution is 0.998. The fourth-order valence-electron chi connectivity index (χ4n) is 4.28. The lowest BCUT2D eigenvalue weighted by Crippen LogP contribution is -2.12. The second-order valence-electron chi connectivity index (χ2n) is 7.92. The average molecular weight is 388 g/mol. The molecule has 0 fully saturated rings. The van der Waals surface area contributed by atoms with E-state index < -0.39 is 0 Å². The van der Waals surface area contributed by atoms with Gasteiger partial charge in [-0.1, -0.05) is 90.5 Å². The van der Waals surface area contributed by atoms with Crippen LogP contribution in [0.4, 0.5) is 11.4 Å². The number of hydrogen-bond acceptors (Lipinski definition) is 1. The highest BCUT2D eigenvalue weighted by Crippen LogP contribution is 2.35. The van der Waals surface area contributed by atoms with Gasteiger partial charge < -0.3 is 4.90 Å². The van der Waals surface area contributed by atoms with E-state index in [1.807, 2.05) is 0 Å². The van der Waals surface area contributed by atoms with E-state index in [1.165, 1.54) is 44.8 Å². The topological polar surface area (TPSA) is 3.24 Å². The molecular weight excluding hydrogens is 362 g/mol. The van der Waals surface area contributed by atoms with E-state index in [2.05, 4.69) is 121 Å². The average Bonchev–Trinajstić information content (AvgIpc) is 3.22. The molecule has 30 heavy (non-hydrogen) atoms. The fraction of sp³-hybridized carbons (Fsp3) is 0.103. The van der Waals surface area contributed by atoms with E-state index in [0.29, 0.717) is 0 Å². The Kier molecular flexibility index (Phi) is 4.94. The van der Waals surface area contributed by atoms with Crippen molar-refractivity contribution in [1.82, 2.24) is 0 Å². The van der Waals surface area contributed by atoms with Gasteiger partial charge >= 0.3 is 0 Å². The van der Waals surface area contributed by atoms with Gasteiger partial charge in [-0.05, 0) is 65.4 Å². The quantitative estimate of drug-likeness (QED) is 0.333.